The largest absolute Gasteiger partial charge is 0.388 e. The highest BCUT2D eigenvalue weighted by Gasteiger charge is 2.16. The molecular weight excluding hydrogens is 243 g/mol. The molecule has 90 valence electrons. The van der Waals surface area contributed by atoms with E-state index in [1.54, 1.807) is 18.2 Å². The van der Waals surface area contributed by atoms with Crippen LogP contribution in [-0.4, -0.2) is 5.11 Å². The van der Waals surface area contributed by atoms with Crippen LogP contribution in [0.1, 0.15) is 44.8 Å². The van der Waals surface area contributed by atoms with Crippen LogP contribution in [0.3, 0.4) is 0 Å². The Balaban J connectivity index is 2.79. The molecule has 0 bridgehead atoms. The third kappa shape index (κ3) is 3.65. The molecule has 0 heterocycles. The van der Waals surface area contributed by atoms with Gasteiger partial charge in [-0.2, -0.15) is 0 Å². The molecule has 0 amide bonds. The lowest BCUT2D eigenvalue weighted by Crippen LogP contribution is -2.06. The Hall–Kier alpha value is -0.240. The zero-order valence-corrected chi connectivity index (χ0v) is 11.2. The SMILES string of the molecule is CCC(CC)CC(O)c1cc(Cl)ccc1Cl. The minimum absolute atomic E-state index is 0.518. The van der Waals surface area contributed by atoms with E-state index in [-0.39, 0.29) is 0 Å². The van der Waals surface area contributed by atoms with Crippen molar-refractivity contribution in [3.8, 4) is 0 Å². The Morgan fingerprint density at radius 1 is 1.19 bits per heavy atom. The molecular formula is C13H18Cl2O. The van der Waals surface area contributed by atoms with Crippen LogP contribution < -0.4 is 0 Å². The highest BCUT2D eigenvalue weighted by molar-refractivity contribution is 6.33. The second-order valence-electron chi connectivity index (χ2n) is 4.10. The van der Waals surface area contributed by atoms with Gasteiger partial charge in [0.05, 0.1) is 6.10 Å². The topological polar surface area (TPSA) is 20.2 Å². The van der Waals surface area contributed by atoms with Gasteiger partial charge < -0.3 is 5.11 Å². The third-order valence-electron chi connectivity index (χ3n) is 3.03. The molecule has 0 fully saturated rings. The fourth-order valence-electron chi connectivity index (χ4n) is 1.83. The van der Waals surface area contributed by atoms with E-state index in [0.29, 0.717) is 16.0 Å². The molecule has 0 radical (unpaired) electrons. The predicted octanol–water partition coefficient (Wildman–Crippen LogP) is 4.85. The van der Waals surface area contributed by atoms with Crippen LogP contribution in [0.2, 0.25) is 10.0 Å². The first-order valence-corrected chi connectivity index (χ1v) is 6.47. The summed E-state index contributed by atoms with van der Waals surface area (Å²) in [6, 6.07) is 5.21. The summed E-state index contributed by atoms with van der Waals surface area (Å²) in [5.41, 5.74) is 0.737. The molecule has 1 aromatic carbocycles. The average molecular weight is 261 g/mol. The maximum absolute atomic E-state index is 10.1. The first-order chi connectivity index (χ1) is 7.58. The van der Waals surface area contributed by atoms with Crippen LogP contribution in [0, 0.1) is 5.92 Å². The van der Waals surface area contributed by atoms with Gasteiger partial charge in [0.2, 0.25) is 0 Å². The molecule has 1 nitrogen and oxygen atoms in total. The Morgan fingerprint density at radius 2 is 1.81 bits per heavy atom. The predicted molar refractivity (Wildman–Crippen MR) is 70.1 cm³/mol. The van der Waals surface area contributed by atoms with Gasteiger partial charge in [0.1, 0.15) is 0 Å². The first-order valence-electron chi connectivity index (χ1n) is 5.71. The molecule has 0 aromatic heterocycles. The highest BCUT2D eigenvalue weighted by atomic mass is 35.5. The normalized spacial score (nSPS) is 13.1. The zero-order chi connectivity index (χ0) is 12.1. The summed E-state index contributed by atoms with van der Waals surface area (Å²) in [6.45, 7) is 4.28. The van der Waals surface area contributed by atoms with E-state index in [9.17, 15) is 5.11 Å². The van der Waals surface area contributed by atoms with Crippen LogP contribution in [0.5, 0.6) is 0 Å². The monoisotopic (exact) mass is 260 g/mol. The number of rotatable bonds is 5. The van der Waals surface area contributed by atoms with Crippen molar-refractivity contribution in [1.29, 1.82) is 0 Å². The van der Waals surface area contributed by atoms with Gasteiger partial charge in [-0.05, 0) is 30.5 Å². The number of hydrogen-bond acceptors (Lipinski definition) is 1. The Morgan fingerprint density at radius 3 is 2.38 bits per heavy atom. The van der Waals surface area contributed by atoms with Crippen LogP contribution >= 0.6 is 23.2 Å². The van der Waals surface area contributed by atoms with E-state index >= 15 is 0 Å². The molecule has 1 N–H and O–H groups in total. The Labute approximate surface area is 107 Å². The summed E-state index contributed by atoms with van der Waals surface area (Å²) < 4.78 is 0. The quantitative estimate of drug-likeness (QED) is 0.803. The van der Waals surface area contributed by atoms with E-state index in [1.807, 2.05) is 0 Å². The van der Waals surface area contributed by atoms with Gasteiger partial charge in [-0.25, -0.2) is 0 Å². The molecule has 3 heteroatoms. The third-order valence-corrected chi connectivity index (χ3v) is 3.61. The number of aliphatic hydroxyl groups excluding tert-OH is 1. The molecule has 0 saturated heterocycles. The van der Waals surface area contributed by atoms with Crippen molar-refractivity contribution < 1.29 is 5.11 Å². The van der Waals surface area contributed by atoms with Gasteiger partial charge in [-0.3, -0.25) is 0 Å². The Bertz CT molecular complexity index is 335. The first kappa shape index (κ1) is 13.8. The Kier molecular flexibility index (Phi) is 5.60. The number of halogens is 2. The van der Waals surface area contributed by atoms with Gasteiger partial charge in [0.25, 0.3) is 0 Å². The summed E-state index contributed by atoms with van der Waals surface area (Å²) in [7, 11) is 0. The summed E-state index contributed by atoms with van der Waals surface area (Å²) in [4.78, 5) is 0. The van der Waals surface area contributed by atoms with Crippen LogP contribution in [0.4, 0.5) is 0 Å². The molecule has 0 aliphatic rings. The van der Waals surface area contributed by atoms with Crippen molar-refractivity contribution in [2.45, 2.75) is 39.2 Å². The van der Waals surface area contributed by atoms with Crippen molar-refractivity contribution in [3.63, 3.8) is 0 Å². The van der Waals surface area contributed by atoms with Gasteiger partial charge in [0, 0.05) is 15.6 Å². The molecule has 1 aromatic rings. The van der Waals surface area contributed by atoms with E-state index in [1.165, 1.54) is 0 Å². The van der Waals surface area contributed by atoms with Crippen molar-refractivity contribution in [3.05, 3.63) is 33.8 Å². The fourth-order valence-corrected chi connectivity index (χ4v) is 2.26. The molecule has 1 atom stereocenters. The summed E-state index contributed by atoms with van der Waals surface area (Å²) in [6.07, 6.45) is 2.38. The van der Waals surface area contributed by atoms with Crippen LogP contribution in [0.15, 0.2) is 18.2 Å². The van der Waals surface area contributed by atoms with Crippen molar-refractivity contribution >= 4 is 23.2 Å². The molecule has 0 spiro atoms. The number of aliphatic hydroxyl groups is 1. The van der Waals surface area contributed by atoms with Gasteiger partial charge in [-0.1, -0.05) is 49.9 Å². The maximum atomic E-state index is 10.1. The van der Waals surface area contributed by atoms with Crippen molar-refractivity contribution in [2.75, 3.05) is 0 Å². The van der Waals surface area contributed by atoms with E-state index in [2.05, 4.69) is 13.8 Å². The number of hydrogen-bond donors (Lipinski definition) is 1. The number of benzene rings is 1. The summed E-state index contributed by atoms with van der Waals surface area (Å²) in [5, 5.41) is 11.3. The molecule has 16 heavy (non-hydrogen) atoms. The average Bonchev–Trinajstić information content (AvgIpc) is 2.28. The van der Waals surface area contributed by atoms with E-state index < -0.39 is 6.10 Å². The highest BCUT2D eigenvalue weighted by Crippen LogP contribution is 2.31. The van der Waals surface area contributed by atoms with E-state index in [4.69, 9.17) is 23.2 Å². The van der Waals surface area contributed by atoms with Crippen molar-refractivity contribution in [2.24, 2.45) is 5.92 Å². The van der Waals surface area contributed by atoms with Gasteiger partial charge in [-0.15, -0.1) is 0 Å². The molecule has 0 saturated carbocycles. The minimum Gasteiger partial charge on any atom is -0.388 e. The van der Waals surface area contributed by atoms with Gasteiger partial charge >= 0.3 is 0 Å². The lowest BCUT2D eigenvalue weighted by molar-refractivity contribution is 0.141. The fraction of sp³-hybridized carbons (Fsp3) is 0.538. The lowest BCUT2D eigenvalue weighted by Gasteiger charge is -2.18. The van der Waals surface area contributed by atoms with Gasteiger partial charge in [0.15, 0.2) is 0 Å². The summed E-state index contributed by atoms with van der Waals surface area (Å²) >= 11 is 11.9. The van der Waals surface area contributed by atoms with Crippen LogP contribution in [0.25, 0.3) is 0 Å². The molecule has 1 unspecified atom stereocenters. The lowest BCUT2D eigenvalue weighted by atomic mass is 9.93. The van der Waals surface area contributed by atoms with E-state index in [0.717, 1.165) is 24.8 Å². The standard InChI is InChI=1S/C13H18Cl2O/c1-3-9(4-2)7-13(16)11-8-10(14)5-6-12(11)15/h5-6,8-9,13,16H,3-4,7H2,1-2H3. The zero-order valence-electron chi connectivity index (χ0n) is 9.71. The maximum Gasteiger partial charge on any atom is 0.0807 e. The molecule has 0 aliphatic carbocycles. The second-order valence-corrected chi connectivity index (χ2v) is 4.94. The molecule has 1 rings (SSSR count). The minimum atomic E-state index is -0.518. The molecule has 0 aliphatic heterocycles. The summed E-state index contributed by atoms with van der Waals surface area (Å²) in [5.74, 6) is 0.532. The van der Waals surface area contributed by atoms with Crippen molar-refractivity contribution in [1.82, 2.24) is 0 Å². The second kappa shape index (κ2) is 6.48. The van der Waals surface area contributed by atoms with Crippen LogP contribution in [-0.2, 0) is 0 Å². The smallest absolute Gasteiger partial charge is 0.0807 e.